The summed E-state index contributed by atoms with van der Waals surface area (Å²) >= 11 is 3.23. The molecule has 1 aliphatic heterocycles. The van der Waals surface area contributed by atoms with Crippen molar-refractivity contribution >= 4 is 41.0 Å². The van der Waals surface area contributed by atoms with Gasteiger partial charge >= 0.3 is 0 Å². The fourth-order valence-electron chi connectivity index (χ4n) is 2.33. The zero-order valence-electron chi connectivity index (χ0n) is 11.8. The van der Waals surface area contributed by atoms with Crippen LogP contribution in [-0.4, -0.2) is 46.9 Å². The van der Waals surface area contributed by atoms with Gasteiger partial charge in [0.1, 0.15) is 5.01 Å². The summed E-state index contributed by atoms with van der Waals surface area (Å²) in [6, 6.07) is 3.83. The Morgan fingerprint density at radius 3 is 2.62 bits per heavy atom. The van der Waals surface area contributed by atoms with Crippen LogP contribution in [0.5, 0.6) is 0 Å². The Morgan fingerprint density at radius 2 is 2.05 bits per heavy atom. The van der Waals surface area contributed by atoms with Crippen LogP contribution >= 0.6 is 35.1 Å². The zero-order valence-corrected chi connectivity index (χ0v) is 14.3. The molecule has 0 radical (unpaired) electrons. The molecular weight excluding hydrogens is 326 g/mol. The molecule has 0 N–H and O–H groups in total. The number of halogens is 1. The molecule has 0 aromatic carbocycles. The zero-order chi connectivity index (χ0) is 13.9. The molecule has 1 fully saturated rings. The second-order valence-electron chi connectivity index (χ2n) is 4.93. The molecule has 1 amide bonds. The summed E-state index contributed by atoms with van der Waals surface area (Å²) in [6.45, 7) is 6.39. The summed E-state index contributed by atoms with van der Waals surface area (Å²) in [4.78, 5) is 21.9. The van der Waals surface area contributed by atoms with Crippen LogP contribution in [0.2, 0.25) is 0 Å². The maximum Gasteiger partial charge on any atom is 0.264 e. The number of hydrogen-bond acceptors (Lipinski definition) is 5. The second kappa shape index (κ2) is 7.35. The van der Waals surface area contributed by atoms with Crippen LogP contribution in [0, 0.1) is 6.92 Å². The number of piperazine rings is 1. The quantitative estimate of drug-likeness (QED) is 0.859. The minimum absolute atomic E-state index is 0. The Hall–Kier alpha value is -0.950. The molecule has 0 aliphatic carbocycles. The molecule has 114 valence electrons. The van der Waals surface area contributed by atoms with E-state index in [4.69, 9.17) is 0 Å². The van der Waals surface area contributed by atoms with E-state index in [-0.39, 0.29) is 18.3 Å². The number of thiazole rings is 1. The highest BCUT2D eigenvalue weighted by atomic mass is 35.5. The van der Waals surface area contributed by atoms with Crippen LogP contribution < -0.4 is 0 Å². The van der Waals surface area contributed by atoms with E-state index in [0.29, 0.717) is 0 Å². The van der Waals surface area contributed by atoms with Gasteiger partial charge in [-0.25, -0.2) is 4.98 Å². The van der Waals surface area contributed by atoms with E-state index in [2.05, 4.69) is 15.3 Å². The minimum Gasteiger partial charge on any atom is -0.335 e. The summed E-state index contributed by atoms with van der Waals surface area (Å²) < 4.78 is 0. The van der Waals surface area contributed by atoms with Gasteiger partial charge in [-0.2, -0.15) is 0 Å². The number of carbonyl (C=O) groups excluding carboxylic acids is 1. The Labute approximate surface area is 138 Å². The molecule has 3 rings (SSSR count). The second-order valence-corrected chi connectivity index (χ2v) is 6.82. The number of rotatable bonds is 3. The van der Waals surface area contributed by atoms with Crippen molar-refractivity contribution in [3.05, 3.63) is 38.5 Å². The van der Waals surface area contributed by atoms with Crippen molar-refractivity contribution in [2.45, 2.75) is 13.5 Å². The molecule has 0 bridgehead atoms. The van der Waals surface area contributed by atoms with Gasteiger partial charge in [-0.15, -0.1) is 35.1 Å². The molecule has 0 atom stereocenters. The van der Waals surface area contributed by atoms with E-state index in [9.17, 15) is 4.79 Å². The molecule has 2 aromatic rings. The Morgan fingerprint density at radius 1 is 1.29 bits per heavy atom. The first kappa shape index (κ1) is 16.4. The topological polar surface area (TPSA) is 36.4 Å². The number of hydrogen-bond donors (Lipinski definition) is 0. The van der Waals surface area contributed by atoms with Crippen LogP contribution in [0.15, 0.2) is 22.9 Å². The number of aromatic nitrogens is 1. The van der Waals surface area contributed by atoms with E-state index in [0.717, 1.165) is 43.3 Å². The lowest BCUT2D eigenvalue weighted by molar-refractivity contribution is 0.0633. The van der Waals surface area contributed by atoms with Crippen LogP contribution in [0.4, 0.5) is 0 Å². The molecule has 0 saturated carbocycles. The maximum absolute atomic E-state index is 12.2. The van der Waals surface area contributed by atoms with Crippen LogP contribution in [-0.2, 0) is 6.54 Å². The predicted molar refractivity (Wildman–Crippen MR) is 89.6 cm³/mol. The normalized spacial score (nSPS) is 15.8. The third-order valence-electron chi connectivity index (χ3n) is 3.42. The average Bonchev–Trinajstić information content (AvgIpc) is 3.11. The predicted octanol–water partition coefficient (Wildman–Crippen LogP) is 2.89. The number of amides is 1. The number of thiophene rings is 1. The first-order chi connectivity index (χ1) is 9.72. The van der Waals surface area contributed by atoms with Gasteiger partial charge in [0.05, 0.1) is 11.4 Å². The van der Waals surface area contributed by atoms with Gasteiger partial charge < -0.3 is 4.90 Å². The highest BCUT2D eigenvalue weighted by Gasteiger charge is 2.23. The molecule has 0 spiro atoms. The summed E-state index contributed by atoms with van der Waals surface area (Å²) in [6.07, 6.45) is 0. The molecule has 0 unspecified atom stereocenters. The highest BCUT2D eigenvalue weighted by Crippen LogP contribution is 2.16. The monoisotopic (exact) mass is 343 g/mol. The van der Waals surface area contributed by atoms with E-state index < -0.39 is 0 Å². The van der Waals surface area contributed by atoms with Crippen LogP contribution in [0.3, 0.4) is 0 Å². The Kier molecular flexibility index (Phi) is 5.75. The van der Waals surface area contributed by atoms with Crippen molar-refractivity contribution in [2.24, 2.45) is 0 Å². The van der Waals surface area contributed by atoms with Crippen LogP contribution in [0.25, 0.3) is 0 Å². The first-order valence-electron chi connectivity index (χ1n) is 6.68. The highest BCUT2D eigenvalue weighted by molar-refractivity contribution is 7.12. The lowest BCUT2D eigenvalue weighted by Crippen LogP contribution is -2.48. The lowest BCUT2D eigenvalue weighted by Gasteiger charge is -2.34. The third-order valence-corrected chi connectivity index (χ3v) is 5.23. The summed E-state index contributed by atoms with van der Waals surface area (Å²) in [5, 5.41) is 5.21. The van der Waals surface area contributed by atoms with Gasteiger partial charge in [0.15, 0.2) is 0 Å². The van der Waals surface area contributed by atoms with Gasteiger partial charge in [0.2, 0.25) is 0 Å². The van der Waals surface area contributed by atoms with Crippen molar-refractivity contribution < 1.29 is 4.79 Å². The molecule has 1 aliphatic rings. The largest absolute Gasteiger partial charge is 0.335 e. The standard InChI is InChI=1S/C14H17N3OS2.ClH/c1-11-10-20-13(15-11)9-16-4-6-17(7-5-16)14(18)12-3-2-8-19-12;/h2-3,8,10H,4-7,9H2,1H3;1H. The molecule has 3 heterocycles. The molecule has 21 heavy (non-hydrogen) atoms. The maximum atomic E-state index is 12.2. The number of aryl methyl sites for hydroxylation is 1. The minimum atomic E-state index is 0. The van der Waals surface area contributed by atoms with Crippen LogP contribution in [0.1, 0.15) is 20.4 Å². The Balaban J connectivity index is 0.00000161. The molecule has 2 aromatic heterocycles. The molecule has 4 nitrogen and oxygen atoms in total. The van der Waals surface area contributed by atoms with Gasteiger partial charge in [-0.05, 0) is 18.4 Å². The van der Waals surface area contributed by atoms with Gasteiger partial charge in [-0.3, -0.25) is 9.69 Å². The third kappa shape index (κ3) is 4.03. The van der Waals surface area contributed by atoms with Gasteiger partial charge in [0, 0.05) is 37.3 Å². The van der Waals surface area contributed by atoms with Crippen molar-refractivity contribution in [3.8, 4) is 0 Å². The van der Waals surface area contributed by atoms with E-state index >= 15 is 0 Å². The number of carbonyl (C=O) groups is 1. The van der Waals surface area contributed by atoms with Crippen molar-refractivity contribution in [1.29, 1.82) is 0 Å². The first-order valence-corrected chi connectivity index (χ1v) is 8.44. The molecule has 1 saturated heterocycles. The Bertz CT molecular complexity index is 577. The summed E-state index contributed by atoms with van der Waals surface area (Å²) in [5.41, 5.74) is 1.09. The number of nitrogens with zero attached hydrogens (tertiary/aromatic N) is 3. The fraction of sp³-hybridized carbons (Fsp3) is 0.429. The fourth-order valence-corrected chi connectivity index (χ4v) is 3.84. The lowest BCUT2D eigenvalue weighted by atomic mass is 10.3. The molecular formula is C14H18ClN3OS2. The van der Waals surface area contributed by atoms with Crippen molar-refractivity contribution in [1.82, 2.24) is 14.8 Å². The average molecular weight is 344 g/mol. The SMILES string of the molecule is Cc1csc(CN2CCN(C(=O)c3cccs3)CC2)n1.Cl. The van der Waals surface area contributed by atoms with Crippen molar-refractivity contribution in [3.63, 3.8) is 0 Å². The van der Waals surface area contributed by atoms with Gasteiger partial charge in [-0.1, -0.05) is 6.07 Å². The summed E-state index contributed by atoms with van der Waals surface area (Å²) in [5.74, 6) is 0.171. The van der Waals surface area contributed by atoms with Crippen molar-refractivity contribution in [2.75, 3.05) is 26.2 Å². The van der Waals surface area contributed by atoms with E-state index in [1.54, 1.807) is 11.3 Å². The van der Waals surface area contributed by atoms with E-state index in [1.807, 2.05) is 29.3 Å². The van der Waals surface area contributed by atoms with Gasteiger partial charge in [0.25, 0.3) is 5.91 Å². The summed E-state index contributed by atoms with van der Waals surface area (Å²) in [7, 11) is 0. The molecule has 7 heteroatoms. The van der Waals surface area contributed by atoms with E-state index in [1.165, 1.54) is 16.3 Å². The smallest absolute Gasteiger partial charge is 0.264 e.